The highest BCUT2D eigenvalue weighted by Gasteiger charge is 2.37. The van der Waals surface area contributed by atoms with Gasteiger partial charge in [-0.15, -0.1) is 0 Å². The van der Waals surface area contributed by atoms with Crippen LogP contribution < -0.4 is 5.32 Å². The first-order valence-corrected chi connectivity index (χ1v) is 6.02. The molecule has 0 amide bonds. The summed E-state index contributed by atoms with van der Waals surface area (Å²) >= 11 is 0. The second kappa shape index (κ2) is 5.66. The van der Waals surface area contributed by atoms with Crippen LogP contribution in [-0.4, -0.2) is 52.2 Å². The van der Waals surface area contributed by atoms with Crippen LogP contribution in [0, 0.1) is 0 Å². The molecule has 4 N–H and O–H groups in total. The molecule has 0 bridgehead atoms. The molecule has 0 aliphatic carbocycles. The Kier molecular flexibility index (Phi) is 4.16. The van der Waals surface area contributed by atoms with Crippen LogP contribution in [0.3, 0.4) is 0 Å². The van der Waals surface area contributed by atoms with Gasteiger partial charge in [-0.05, 0) is 31.2 Å². The lowest BCUT2D eigenvalue weighted by molar-refractivity contribution is -0.178. The number of aliphatic hydroxyl groups excluding tert-OH is 3. The number of anilines is 1. The topological polar surface area (TPSA) is 99.0 Å². The highest BCUT2D eigenvalue weighted by Crippen LogP contribution is 2.19. The van der Waals surface area contributed by atoms with Crippen molar-refractivity contribution in [1.82, 2.24) is 0 Å². The number of ketones is 1. The van der Waals surface area contributed by atoms with Gasteiger partial charge in [-0.1, -0.05) is 0 Å². The Morgan fingerprint density at radius 1 is 1.21 bits per heavy atom. The Morgan fingerprint density at radius 3 is 2.42 bits per heavy atom. The van der Waals surface area contributed by atoms with Gasteiger partial charge >= 0.3 is 0 Å². The number of hydrogen-bond acceptors (Lipinski definition) is 6. The molecule has 1 fully saturated rings. The minimum Gasteiger partial charge on any atom is -0.388 e. The van der Waals surface area contributed by atoms with Crippen LogP contribution in [0.15, 0.2) is 24.3 Å². The van der Waals surface area contributed by atoms with Gasteiger partial charge in [0.1, 0.15) is 18.3 Å². The molecule has 0 saturated carbocycles. The number of rotatable bonds is 3. The van der Waals surface area contributed by atoms with Gasteiger partial charge in [0.05, 0.1) is 6.61 Å². The summed E-state index contributed by atoms with van der Waals surface area (Å²) in [6.07, 6.45) is -4.37. The lowest BCUT2D eigenvalue weighted by atomic mass is 10.0. The standard InChI is InChI=1S/C13H17NO5/c1-7(15)8-2-4-9(5-3-8)14-13-12(18)11(17)10(16)6-19-13/h2-5,10-14,16-18H,6H2,1H3/t10-,11-,12-,13+/m0/s1. The van der Waals surface area contributed by atoms with E-state index in [1.165, 1.54) is 6.92 Å². The molecule has 2 rings (SSSR count). The summed E-state index contributed by atoms with van der Waals surface area (Å²) in [6.45, 7) is 1.43. The highest BCUT2D eigenvalue weighted by atomic mass is 16.5. The summed E-state index contributed by atoms with van der Waals surface area (Å²) in [6, 6.07) is 6.69. The second-order valence-corrected chi connectivity index (χ2v) is 4.58. The van der Waals surface area contributed by atoms with Crippen molar-refractivity contribution in [3.63, 3.8) is 0 Å². The number of hydrogen-bond donors (Lipinski definition) is 4. The van der Waals surface area contributed by atoms with Gasteiger partial charge in [-0.3, -0.25) is 4.79 Å². The normalized spacial score (nSPS) is 30.9. The van der Waals surface area contributed by atoms with E-state index in [4.69, 9.17) is 4.74 Å². The smallest absolute Gasteiger partial charge is 0.159 e. The molecule has 0 radical (unpaired) electrons. The van der Waals surface area contributed by atoms with E-state index in [1.807, 2.05) is 0 Å². The Bertz CT molecular complexity index is 447. The van der Waals surface area contributed by atoms with Crippen molar-refractivity contribution in [3.8, 4) is 0 Å². The number of ether oxygens (including phenoxy) is 1. The largest absolute Gasteiger partial charge is 0.388 e. The summed E-state index contributed by atoms with van der Waals surface area (Å²) < 4.78 is 5.22. The summed E-state index contributed by atoms with van der Waals surface area (Å²) in [5.74, 6) is -0.0287. The van der Waals surface area contributed by atoms with Crippen LogP contribution in [0.5, 0.6) is 0 Å². The van der Waals surface area contributed by atoms with Crippen molar-refractivity contribution in [2.45, 2.75) is 31.5 Å². The van der Waals surface area contributed by atoms with E-state index in [1.54, 1.807) is 24.3 Å². The van der Waals surface area contributed by atoms with Gasteiger partial charge in [0.15, 0.2) is 12.0 Å². The van der Waals surface area contributed by atoms with Crippen LogP contribution in [-0.2, 0) is 4.74 Å². The quantitative estimate of drug-likeness (QED) is 0.563. The lowest BCUT2D eigenvalue weighted by Crippen LogP contribution is -2.55. The number of benzene rings is 1. The zero-order valence-electron chi connectivity index (χ0n) is 10.5. The minimum absolute atomic E-state index is 0.0287. The van der Waals surface area contributed by atoms with Crippen LogP contribution in [0.25, 0.3) is 0 Å². The monoisotopic (exact) mass is 267 g/mol. The van der Waals surface area contributed by atoms with E-state index in [0.29, 0.717) is 11.3 Å². The number of nitrogens with one attached hydrogen (secondary N) is 1. The predicted octanol–water partition coefficient (Wildman–Crippen LogP) is -0.260. The third-order valence-corrected chi connectivity index (χ3v) is 3.10. The summed E-state index contributed by atoms with van der Waals surface area (Å²) in [7, 11) is 0. The first-order valence-electron chi connectivity index (χ1n) is 6.02. The lowest BCUT2D eigenvalue weighted by Gasteiger charge is -2.35. The molecular weight excluding hydrogens is 250 g/mol. The van der Waals surface area contributed by atoms with Gasteiger partial charge in [-0.25, -0.2) is 0 Å². The van der Waals surface area contributed by atoms with Crippen LogP contribution >= 0.6 is 0 Å². The van der Waals surface area contributed by atoms with Crippen molar-refractivity contribution in [2.75, 3.05) is 11.9 Å². The molecule has 1 aliphatic heterocycles. The third kappa shape index (κ3) is 3.10. The molecule has 1 heterocycles. The summed E-state index contributed by atoms with van der Waals surface area (Å²) in [4.78, 5) is 11.1. The maximum atomic E-state index is 11.1. The van der Waals surface area contributed by atoms with E-state index >= 15 is 0 Å². The number of aliphatic hydroxyl groups is 3. The molecular formula is C13H17NO5. The molecule has 1 saturated heterocycles. The third-order valence-electron chi connectivity index (χ3n) is 3.10. The zero-order valence-corrected chi connectivity index (χ0v) is 10.5. The molecule has 6 nitrogen and oxygen atoms in total. The Morgan fingerprint density at radius 2 is 1.84 bits per heavy atom. The van der Waals surface area contributed by atoms with Crippen molar-refractivity contribution < 1.29 is 24.9 Å². The Balaban J connectivity index is 2.03. The first-order chi connectivity index (χ1) is 8.99. The molecule has 0 spiro atoms. The summed E-state index contributed by atoms with van der Waals surface area (Å²) in [5.41, 5.74) is 1.24. The van der Waals surface area contributed by atoms with Crippen LogP contribution in [0.1, 0.15) is 17.3 Å². The SMILES string of the molecule is CC(=O)c1ccc(N[C@@H]2OC[C@H](O)[C@H](O)[C@@H]2O)cc1. The second-order valence-electron chi connectivity index (χ2n) is 4.58. The maximum Gasteiger partial charge on any atom is 0.159 e. The van der Waals surface area contributed by atoms with Gasteiger partial charge in [0, 0.05) is 11.3 Å². The number of carbonyl (C=O) groups excluding carboxylic acids is 1. The van der Waals surface area contributed by atoms with Gasteiger partial charge in [-0.2, -0.15) is 0 Å². The molecule has 6 heteroatoms. The molecule has 1 aliphatic rings. The Hall–Kier alpha value is -1.47. The summed E-state index contributed by atoms with van der Waals surface area (Å²) in [5, 5.41) is 31.5. The maximum absolute atomic E-state index is 11.1. The molecule has 0 unspecified atom stereocenters. The van der Waals surface area contributed by atoms with E-state index < -0.39 is 24.5 Å². The molecule has 0 aromatic heterocycles. The average Bonchev–Trinajstić information content (AvgIpc) is 2.40. The molecule has 4 atom stereocenters. The average molecular weight is 267 g/mol. The van der Waals surface area contributed by atoms with Gasteiger partial charge < -0.3 is 25.4 Å². The number of Topliss-reactive ketones (excluding diaryl/α,β-unsaturated/α-hetero) is 1. The van der Waals surface area contributed by atoms with Gasteiger partial charge in [0.2, 0.25) is 0 Å². The van der Waals surface area contributed by atoms with E-state index in [2.05, 4.69) is 5.32 Å². The van der Waals surface area contributed by atoms with Crippen LogP contribution in [0.2, 0.25) is 0 Å². The minimum atomic E-state index is -1.25. The molecule has 19 heavy (non-hydrogen) atoms. The fraction of sp³-hybridized carbons (Fsp3) is 0.462. The van der Waals surface area contributed by atoms with Gasteiger partial charge in [0.25, 0.3) is 0 Å². The van der Waals surface area contributed by atoms with E-state index in [9.17, 15) is 20.1 Å². The van der Waals surface area contributed by atoms with Crippen LogP contribution in [0.4, 0.5) is 5.69 Å². The fourth-order valence-electron chi connectivity index (χ4n) is 1.90. The highest BCUT2D eigenvalue weighted by molar-refractivity contribution is 5.94. The fourth-order valence-corrected chi connectivity index (χ4v) is 1.90. The molecule has 1 aromatic rings. The van der Waals surface area contributed by atoms with E-state index in [-0.39, 0.29) is 12.4 Å². The molecule has 104 valence electrons. The predicted molar refractivity (Wildman–Crippen MR) is 67.8 cm³/mol. The van der Waals surface area contributed by atoms with Crippen molar-refractivity contribution in [1.29, 1.82) is 0 Å². The number of carbonyl (C=O) groups is 1. The van der Waals surface area contributed by atoms with Crippen molar-refractivity contribution in [3.05, 3.63) is 29.8 Å². The van der Waals surface area contributed by atoms with Crippen molar-refractivity contribution >= 4 is 11.5 Å². The zero-order chi connectivity index (χ0) is 14.0. The van der Waals surface area contributed by atoms with Crippen molar-refractivity contribution in [2.24, 2.45) is 0 Å². The van der Waals surface area contributed by atoms with E-state index in [0.717, 1.165) is 0 Å². The Labute approximate surface area is 110 Å². The first kappa shape index (κ1) is 14.0. The molecule has 1 aromatic carbocycles.